The third-order valence-electron chi connectivity index (χ3n) is 3.18. The summed E-state index contributed by atoms with van der Waals surface area (Å²) in [6, 6.07) is 9.69. The van der Waals surface area contributed by atoms with Crippen molar-refractivity contribution in [2.75, 3.05) is 7.11 Å². The van der Waals surface area contributed by atoms with Crippen molar-refractivity contribution in [2.45, 2.75) is 31.8 Å². The van der Waals surface area contributed by atoms with Crippen molar-refractivity contribution in [3.63, 3.8) is 0 Å². The Kier molecular flexibility index (Phi) is 4.10. The van der Waals surface area contributed by atoms with Gasteiger partial charge in [-0.25, -0.2) is 0 Å². The smallest absolute Gasteiger partial charge is 0.191 e. The number of allylic oxidation sites excluding steroid dienone is 1. The molecule has 0 heterocycles. The third-order valence-corrected chi connectivity index (χ3v) is 3.18. The van der Waals surface area contributed by atoms with Gasteiger partial charge in [0.15, 0.2) is 5.78 Å². The van der Waals surface area contributed by atoms with Gasteiger partial charge in [-0.05, 0) is 36.8 Å². The van der Waals surface area contributed by atoms with Crippen molar-refractivity contribution < 1.29 is 9.53 Å². The zero-order valence-corrected chi connectivity index (χ0v) is 10.2. The number of carbonyl (C=O) groups excluding carboxylic acids is 1. The SMILES string of the molecule is COC(C(=O)C1=CCCCC1)c1ccccc1. The third kappa shape index (κ3) is 2.83. The second-order valence-electron chi connectivity index (χ2n) is 4.37. The van der Waals surface area contributed by atoms with Crippen LogP contribution in [-0.2, 0) is 9.53 Å². The number of hydrogen-bond donors (Lipinski definition) is 0. The van der Waals surface area contributed by atoms with Crippen molar-refractivity contribution in [3.8, 4) is 0 Å². The topological polar surface area (TPSA) is 26.3 Å². The molecule has 1 aliphatic carbocycles. The molecule has 2 nitrogen and oxygen atoms in total. The highest BCUT2D eigenvalue weighted by Crippen LogP contribution is 2.26. The standard InChI is InChI=1S/C15H18O2/c1-17-15(13-10-6-3-7-11-13)14(16)12-8-4-2-5-9-12/h3,6-8,10-11,15H,2,4-5,9H2,1H3. The van der Waals surface area contributed by atoms with Crippen molar-refractivity contribution in [2.24, 2.45) is 0 Å². The maximum atomic E-state index is 12.3. The highest BCUT2D eigenvalue weighted by atomic mass is 16.5. The molecule has 2 heteroatoms. The Morgan fingerprint density at radius 1 is 1.24 bits per heavy atom. The number of rotatable bonds is 4. The maximum absolute atomic E-state index is 12.3. The van der Waals surface area contributed by atoms with E-state index in [0.29, 0.717) is 0 Å². The van der Waals surface area contributed by atoms with E-state index in [1.165, 1.54) is 6.42 Å². The number of Topliss-reactive ketones (excluding diaryl/α,β-unsaturated/α-hetero) is 1. The molecule has 0 bridgehead atoms. The zero-order chi connectivity index (χ0) is 12.1. The Hall–Kier alpha value is -1.41. The molecule has 2 rings (SSSR count). The summed E-state index contributed by atoms with van der Waals surface area (Å²) in [5, 5.41) is 0. The predicted molar refractivity (Wildman–Crippen MR) is 67.8 cm³/mol. The summed E-state index contributed by atoms with van der Waals surface area (Å²) in [6.45, 7) is 0. The molecule has 0 aliphatic heterocycles. The first-order chi connectivity index (χ1) is 8.33. The summed E-state index contributed by atoms with van der Waals surface area (Å²) >= 11 is 0. The Bertz CT molecular complexity index is 406. The fourth-order valence-corrected chi connectivity index (χ4v) is 2.25. The molecule has 0 radical (unpaired) electrons. The molecule has 0 saturated heterocycles. The van der Waals surface area contributed by atoms with Crippen LogP contribution < -0.4 is 0 Å². The quantitative estimate of drug-likeness (QED) is 0.792. The van der Waals surface area contributed by atoms with Crippen LogP contribution in [-0.4, -0.2) is 12.9 Å². The lowest BCUT2D eigenvalue weighted by atomic mass is 9.92. The van der Waals surface area contributed by atoms with Gasteiger partial charge >= 0.3 is 0 Å². The van der Waals surface area contributed by atoms with Gasteiger partial charge in [-0.15, -0.1) is 0 Å². The molecule has 1 aromatic rings. The fraction of sp³-hybridized carbons (Fsp3) is 0.400. The second kappa shape index (κ2) is 5.78. The summed E-state index contributed by atoms with van der Waals surface area (Å²) in [7, 11) is 1.60. The van der Waals surface area contributed by atoms with Gasteiger partial charge in [0.05, 0.1) is 0 Å². The minimum Gasteiger partial charge on any atom is -0.369 e. The summed E-state index contributed by atoms with van der Waals surface area (Å²) in [4.78, 5) is 12.3. The lowest BCUT2D eigenvalue weighted by Crippen LogP contribution is -2.17. The number of ether oxygens (including phenoxy) is 1. The molecular weight excluding hydrogens is 212 g/mol. The molecule has 0 spiro atoms. The van der Waals surface area contributed by atoms with Gasteiger partial charge in [-0.1, -0.05) is 36.4 Å². The van der Waals surface area contributed by atoms with Crippen LogP contribution in [0.5, 0.6) is 0 Å². The van der Waals surface area contributed by atoms with Gasteiger partial charge in [0.25, 0.3) is 0 Å². The molecule has 0 N–H and O–H groups in total. The van der Waals surface area contributed by atoms with E-state index in [2.05, 4.69) is 6.08 Å². The average Bonchev–Trinajstić information content (AvgIpc) is 2.42. The Labute approximate surface area is 102 Å². The van der Waals surface area contributed by atoms with Gasteiger partial charge in [0.2, 0.25) is 0 Å². The number of carbonyl (C=O) groups is 1. The zero-order valence-electron chi connectivity index (χ0n) is 10.2. The largest absolute Gasteiger partial charge is 0.369 e. The lowest BCUT2D eigenvalue weighted by molar-refractivity contribution is -0.125. The van der Waals surface area contributed by atoms with Gasteiger partial charge in [-0.2, -0.15) is 0 Å². The molecular formula is C15H18O2. The molecule has 0 fully saturated rings. The van der Waals surface area contributed by atoms with E-state index in [1.54, 1.807) is 7.11 Å². The van der Waals surface area contributed by atoms with Crippen molar-refractivity contribution in [1.82, 2.24) is 0 Å². The van der Waals surface area contributed by atoms with Crippen LogP contribution >= 0.6 is 0 Å². The van der Waals surface area contributed by atoms with E-state index in [0.717, 1.165) is 30.4 Å². The van der Waals surface area contributed by atoms with Gasteiger partial charge in [0, 0.05) is 7.11 Å². The van der Waals surface area contributed by atoms with Crippen LogP contribution in [0.1, 0.15) is 37.4 Å². The number of benzene rings is 1. The van der Waals surface area contributed by atoms with E-state index in [4.69, 9.17) is 4.74 Å². The molecule has 90 valence electrons. The molecule has 1 unspecified atom stereocenters. The van der Waals surface area contributed by atoms with Crippen molar-refractivity contribution >= 4 is 5.78 Å². The molecule has 1 aliphatic rings. The predicted octanol–water partition coefficient (Wildman–Crippen LogP) is 3.44. The minimum atomic E-state index is -0.444. The monoisotopic (exact) mass is 230 g/mol. The van der Waals surface area contributed by atoms with Crippen molar-refractivity contribution in [1.29, 1.82) is 0 Å². The van der Waals surface area contributed by atoms with Crippen LogP contribution in [0.3, 0.4) is 0 Å². The van der Waals surface area contributed by atoms with Crippen LogP contribution in [0, 0.1) is 0 Å². The molecule has 0 saturated carbocycles. The van der Waals surface area contributed by atoms with E-state index >= 15 is 0 Å². The number of methoxy groups -OCH3 is 1. The van der Waals surface area contributed by atoms with Gasteiger partial charge in [0.1, 0.15) is 6.10 Å². The summed E-state index contributed by atoms with van der Waals surface area (Å²) in [6.07, 6.45) is 5.85. The lowest BCUT2D eigenvalue weighted by Gasteiger charge is -2.18. The summed E-state index contributed by atoms with van der Waals surface area (Å²) < 4.78 is 5.36. The first-order valence-electron chi connectivity index (χ1n) is 6.14. The highest BCUT2D eigenvalue weighted by molar-refractivity contribution is 5.99. The highest BCUT2D eigenvalue weighted by Gasteiger charge is 2.23. The number of hydrogen-bond acceptors (Lipinski definition) is 2. The van der Waals surface area contributed by atoms with E-state index in [9.17, 15) is 4.79 Å². The van der Waals surface area contributed by atoms with Gasteiger partial charge < -0.3 is 4.74 Å². The summed E-state index contributed by atoms with van der Waals surface area (Å²) in [5.41, 5.74) is 1.87. The van der Waals surface area contributed by atoms with Gasteiger partial charge in [-0.3, -0.25) is 4.79 Å². The fourth-order valence-electron chi connectivity index (χ4n) is 2.25. The normalized spacial score (nSPS) is 17.4. The molecule has 0 aromatic heterocycles. The van der Waals surface area contributed by atoms with Crippen molar-refractivity contribution in [3.05, 3.63) is 47.5 Å². The Morgan fingerprint density at radius 2 is 2.00 bits per heavy atom. The van der Waals surface area contributed by atoms with Crippen LogP contribution in [0.15, 0.2) is 42.0 Å². The van der Waals surface area contributed by atoms with Crippen LogP contribution in [0.25, 0.3) is 0 Å². The first kappa shape index (κ1) is 12.1. The van der Waals surface area contributed by atoms with E-state index < -0.39 is 6.10 Å². The molecule has 0 amide bonds. The molecule has 17 heavy (non-hydrogen) atoms. The Morgan fingerprint density at radius 3 is 2.59 bits per heavy atom. The minimum absolute atomic E-state index is 0.124. The van der Waals surface area contributed by atoms with E-state index in [1.807, 2.05) is 30.3 Å². The van der Waals surface area contributed by atoms with Crippen LogP contribution in [0.4, 0.5) is 0 Å². The Balaban J connectivity index is 2.19. The number of ketones is 1. The first-order valence-corrected chi connectivity index (χ1v) is 6.14. The summed E-state index contributed by atoms with van der Waals surface area (Å²) in [5.74, 6) is 0.124. The second-order valence-corrected chi connectivity index (χ2v) is 4.37. The maximum Gasteiger partial charge on any atom is 0.191 e. The van der Waals surface area contributed by atoms with Crippen LogP contribution in [0.2, 0.25) is 0 Å². The van der Waals surface area contributed by atoms with E-state index in [-0.39, 0.29) is 5.78 Å². The molecule has 1 atom stereocenters. The molecule has 1 aromatic carbocycles. The average molecular weight is 230 g/mol.